The smallest absolute Gasteiger partial charge is 0.535 e. The molecule has 12 heteroatoms. The molecule has 0 unspecified atom stereocenters. The van der Waals surface area contributed by atoms with Crippen LogP contribution in [-0.4, -0.2) is 34.0 Å². The standard InChI is InChI=1S/C20H16F2O2.C7H8BO3.C6H2Br2F2.2CH4/c1-23-17-9-5-3-7-13(17)19-15(21)11-12-16(22)20(19)14-8-4-6-10-18(14)24-2;1-10-6-4-2-3-5-7(6)11-8-9;7-5-3(9)1-2-4(10)6(5)8;;/h3-12H,1-2H3;2-5,9H,1H3;1-2H;2*1H4. The highest BCUT2D eigenvalue weighted by molar-refractivity contribution is 9.13. The molecule has 0 aliphatic carbocycles. The van der Waals surface area contributed by atoms with Gasteiger partial charge in [0.1, 0.15) is 40.5 Å². The second-order valence-electron chi connectivity index (χ2n) is 8.71. The molecule has 5 aromatic carbocycles. The summed E-state index contributed by atoms with van der Waals surface area (Å²) in [5, 5.41) is 8.34. The van der Waals surface area contributed by atoms with E-state index in [-0.39, 0.29) is 34.9 Å². The van der Waals surface area contributed by atoms with Crippen molar-refractivity contribution in [2.45, 2.75) is 14.9 Å². The normalized spacial score (nSPS) is 9.57. The summed E-state index contributed by atoms with van der Waals surface area (Å²) in [5.41, 5.74) is 1.27. The first kappa shape index (κ1) is 41.0. The fourth-order valence-electron chi connectivity index (χ4n) is 4.06. The fraction of sp³-hybridized carbons (Fsp3) is 0.143. The van der Waals surface area contributed by atoms with Gasteiger partial charge in [0.15, 0.2) is 5.75 Å². The van der Waals surface area contributed by atoms with Crippen molar-refractivity contribution >= 4 is 39.5 Å². The maximum Gasteiger partial charge on any atom is 0.569 e. The van der Waals surface area contributed by atoms with Crippen LogP contribution in [0.25, 0.3) is 22.3 Å². The Kier molecular flexibility index (Phi) is 17.7. The molecule has 1 radical (unpaired) electrons. The first-order valence-corrected chi connectivity index (χ1v) is 14.6. The lowest BCUT2D eigenvalue weighted by atomic mass is 9.92. The third kappa shape index (κ3) is 10.5. The Morgan fingerprint density at radius 2 is 0.809 bits per heavy atom. The zero-order chi connectivity index (χ0) is 32.9. The SMILES string of the molecule is C.C.COc1ccccc1-c1c(F)ccc(F)c1-c1ccccc1OC.COc1ccccc1O[B]O.Fc1ccc(F)c(Br)c1Br. The Bertz CT molecular complexity index is 1630. The van der Waals surface area contributed by atoms with E-state index in [2.05, 4.69) is 31.9 Å². The van der Waals surface area contributed by atoms with E-state index in [4.69, 9.17) is 23.9 Å². The number of halogens is 6. The first-order chi connectivity index (χ1) is 21.7. The topological polar surface area (TPSA) is 57.2 Å². The lowest BCUT2D eigenvalue weighted by Crippen LogP contribution is -2.01. The van der Waals surface area contributed by atoms with Crippen molar-refractivity contribution in [3.8, 4) is 45.3 Å². The zero-order valence-electron chi connectivity index (χ0n) is 24.2. The summed E-state index contributed by atoms with van der Waals surface area (Å²) in [6.45, 7) is 0. The second kappa shape index (κ2) is 20.3. The molecule has 0 aliphatic rings. The summed E-state index contributed by atoms with van der Waals surface area (Å²) < 4.78 is 75.0. The molecule has 5 rings (SSSR count). The zero-order valence-corrected chi connectivity index (χ0v) is 27.3. The molecule has 0 spiro atoms. The van der Waals surface area contributed by atoms with Crippen LogP contribution in [-0.2, 0) is 0 Å². The molecule has 47 heavy (non-hydrogen) atoms. The predicted molar refractivity (Wildman–Crippen MR) is 187 cm³/mol. The van der Waals surface area contributed by atoms with E-state index in [1.165, 1.54) is 14.2 Å². The maximum atomic E-state index is 14.7. The number of hydrogen-bond acceptors (Lipinski definition) is 5. The van der Waals surface area contributed by atoms with Crippen molar-refractivity contribution in [3.63, 3.8) is 0 Å². The van der Waals surface area contributed by atoms with E-state index < -0.39 is 23.3 Å². The number of ether oxygens (including phenoxy) is 3. The number of methoxy groups -OCH3 is 3. The van der Waals surface area contributed by atoms with Crippen LogP contribution < -0.4 is 18.9 Å². The van der Waals surface area contributed by atoms with Gasteiger partial charge in [-0.2, -0.15) is 0 Å². The van der Waals surface area contributed by atoms with Gasteiger partial charge in [0.05, 0.1) is 30.3 Å². The fourth-order valence-corrected chi connectivity index (χ4v) is 4.70. The Labute approximate surface area is 290 Å². The molecule has 0 saturated heterocycles. The number of hydrogen-bond donors (Lipinski definition) is 1. The van der Waals surface area contributed by atoms with Crippen molar-refractivity contribution in [2.24, 2.45) is 0 Å². The second-order valence-corrected chi connectivity index (χ2v) is 10.3. The lowest BCUT2D eigenvalue weighted by molar-refractivity contribution is 0.381. The molecule has 0 bridgehead atoms. The van der Waals surface area contributed by atoms with Crippen molar-refractivity contribution in [1.82, 2.24) is 0 Å². The van der Waals surface area contributed by atoms with Gasteiger partial charge in [-0.05, 0) is 80.4 Å². The van der Waals surface area contributed by atoms with Crippen LogP contribution in [0, 0.1) is 23.3 Å². The van der Waals surface area contributed by atoms with Crippen LogP contribution >= 0.6 is 31.9 Å². The van der Waals surface area contributed by atoms with Gasteiger partial charge in [-0.3, -0.25) is 0 Å². The van der Waals surface area contributed by atoms with Crippen molar-refractivity contribution in [1.29, 1.82) is 0 Å². The summed E-state index contributed by atoms with van der Waals surface area (Å²) >= 11 is 5.74. The first-order valence-electron chi connectivity index (χ1n) is 13.0. The monoisotopic (exact) mass is 779 g/mol. The number of rotatable bonds is 7. The lowest BCUT2D eigenvalue weighted by Gasteiger charge is -2.17. The Balaban J connectivity index is 0.000000401. The minimum atomic E-state index is -0.526. The van der Waals surface area contributed by atoms with E-state index in [0.29, 0.717) is 41.8 Å². The average molecular weight is 781 g/mol. The largest absolute Gasteiger partial charge is 0.569 e. The maximum absolute atomic E-state index is 14.7. The van der Waals surface area contributed by atoms with Gasteiger partial charge in [0, 0.05) is 22.3 Å². The van der Waals surface area contributed by atoms with Gasteiger partial charge in [-0.25, -0.2) is 17.6 Å². The summed E-state index contributed by atoms with van der Waals surface area (Å²) in [5.74, 6) is 0.0248. The van der Waals surface area contributed by atoms with E-state index in [1.807, 2.05) is 6.07 Å². The molecule has 0 amide bonds. The summed E-state index contributed by atoms with van der Waals surface area (Å²) in [4.78, 5) is 0. The van der Waals surface area contributed by atoms with Crippen molar-refractivity contribution < 1.29 is 41.5 Å². The van der Waals surface area contributed by atoms with Crippen molar-refractivity contribution in [2.75, 3.05) is 21.3 Å². The molecule has 1 N–H and O–H groups in total. The van der Waals surface area contributed by atoms with Crippen LogP contribution in [0.15, 0.2) is 106 Å². The van der Waals surface area contributed by atoms with E-state index in [0.717, 1.165) is 24.3 Å². The molecule has 0 heterocycles. The Morgan fingerprint density at radius 3 is 1.17 bits per heavy atom. The highest BCUT2D eigenvalue weighted by Gasteiger charge is 2.22. The summed E-state index contributed by atoms with van der Waals surface area (Å²) in [7, 11) is 5.16. The molecule has 5 nitrogen and oxygen atoms in total. The highest BCUT2D eigenvalue weighted by Crippen LogP contribution is 2.43. The van der Waals surface area contributed by atoms with Crippen LogP contribution in [0.3, 0.4) is 0 Å². The number of benzene rings is 5. The van der Waals surface area contributed by atoms with Gasteiger partial charge < -0.3 is 23.9 Å². The highest BCUT2D eigenvalue weighted by atomic mass is 79.9. The molecule has 0 atom stereocenters. The molecular weight excluding hydrogens is 747 g/mol. The summed E-state index contributed by atoms with van der Waals surface area (Å²) in [6, 6.07) is 25.3. The van der Waals surface area contributed by atoms with Gasteiger partial charge >= 0.3 is 7.69 Å². The van der Waals surface area contributed by atoms with Gasteiger partial charge in [-0.15, -0.1) is 0 Å². The van der Waals surface area contributed by atoms with Crippen LogP contribution in [0.1, 0.15) is 14.9 Å². The number of para-hydroxylation sites is 4. The Morgan fingerprint density at radius 1 is 0.489 bits per heavy atom. The van der Waals surface area contributed by atoms with Crippen LogP contribution in [0.2, 0.25) is 0 Å². The minimum Gasteiger partial charge on any atom is -0.535 e. The van der Waals surface area contributed by atoms with Crippen LogP contribution in [0.4, 0.5) is 17.6 Å². The minimum absolute atomic E-state index is 0. The van der Waals surface area contributed by atoms with E-state index in [1.54, 1.807) is 73.8 Å². The third-order valence-electron chi connectivity index (χ3n) is 6.09. The molecule has 249 valence electrons. The van der Waals surface area contributed by atoms with E-state index >= 15 is 0 Å². The molecule has 0 saturated carbocycles. The molecule has 0 aromatic heterocycles. The molecule has 0 aliphatic heterocycles. The summed E-state index contributed by atoms with van der Waals surface area (Å²) in [6.07, 6.45) is 0. The van der Waals surface area contributed by atoms with E-state index in [9.17, 15) is 17.6 Å². The Hall–Kier alpha value is -4.00. The third-order valence-corrected chi connectivity index (χ3v) is 8.18. The average Bonchev–Trinajstić information content (AvgIpc) is 3.07. The predicted octanol–water partition coefficient (Wildman–Crippen LogP) is 10.7. The molecule has 5 aromatic rings. The van der Waals surface area contributed by atoms with Crippen LogP contribution in [0.5, 0.6) is 23.0 Å². The van der Waals surface area contributed by atoms with Gasteiger partial charge in [0.2, 0.25) is 0 Å². The van der Waals surface area contributed by atoms with Gasteiger partial charge in [0.25, 0.3) is 0 Å². The molecule has 0 fully saturated rings. The van der Waals surface area contributed by atoms with Crippen molar-refractivity contribution in [3.05, 3.63) is 129 Å². The quantitative estimate of drug-likeness (QED) is 0.0771. The molecular formula is C35H34BBr2F4O5. The van der Waals surface area contributed by atoms with Gasteiger partial charge in [-0.1, -0.05) is 63.4 Å².